The minimum atomic E-state index is -0.250. The zero-order valence-electron chi connectivity index (χ0n) is 14.1. The first-order chi connectivity index (χ1) is 10.7. The van der Waals surface area contributed by atoms with Gasteiger partial charge >= 0.3 is 0 Å². The molecule has 0 saturated carbocycles. The minimum Gasteiger partial charge on any atom is -0.483 e. The van der Waals surface area contributed by atoms with Gasteiger partial charge < -0.3 is 5.11 Å². The summed E-state index contributed by atoms with van der Waals surface area (Å²) in [5, 5.41) is 6.89. The molecule has 3 heteroatoms. The smallest absolute Gasteiger partial charge is 0.290 e. The highest BCUT2D eigenvalue weighted by molar-refractivity contribution is 5.32. The van der Waals surface area contributed by atoms with E-state index in [2.05, 4.69) is 49.1 Å². The Balaban J connectivity index is 0.000000745. The lowest BCUT2D eigenvalue weighted by molar-refractivity contribution is -0.122. The van der Waals surface area contributed by atoms with E-state index in [0.29, 0.717) is 0 Å². The van der Waals surface area contributed by atoms with E-state index in [1.807, 2.05) is 0 Å². The molecule has 1 unspecified atom stereocenters. The van der Waals surface area contributed by atoms with Gasteiger partial charge in [0.15, 0.2) is 0 Å². The summed E-state index contributed by atoms with van der Waals surface area (Å²) in [4.78, 5) is 11.1. The van der Waals surface area contributed by atoms with Crippen LogP contribution in [0.2, 0.25) is 0 Å². The fourth-order valence-corrected chi connectivity index (χ4v) is 3.37. The molecule has 1 aliphatic rings. The summed E-state index contributed by atoms with van der Waals surface area (Å²) in [5.74, 6) is 0.944. The van der Waals surface area contributed by atoms with Crippen LogP contribution in [0, 0.1) is 5.92 Å². The van der Waals surface area contributed by atoms with Gasteiger partial charge in [-0.05, 0) is 43.7 Å². The predicted octanol–water partition coefficient (Wildman–Crippen LogP) is 4.57. The molecule has 0 aliphatic carbocycles. The Morgan fingerprint density at radius 1 is 1.27 bits per heavy atom. The minimum absolute atomic E-state index is 0.250. The Bertz CT molecular complexity index is 390. The van der Waals surface area contributed by atoms with Crippen molar-refractivity contribution in [2.45, 2.75) is 65.0 Å². The predicted molar refractivity (Wildman–Crippen MR) is 91.9 cm³/mol. The van der Waals surface area contributed by atoms with Crippen molar-refractivity contribution in [1.82, 2.24) is 4.90 Å². The van der Waals surface area contributed by atoms with Gasteiger partial charge in [-0.2, -0.15) is 0 Å². The first-order valence-electron chi connectivity index (χ1n) is 8.60. The molecule has 1 N–H and O–H groups in total. The molecule has 1 fully saturated rings. The topological polar surface area (TPSA) is 40.5 Å². The molecule has 1 atom stereocenters. The Morgan fingerprint density at radius 2 is 1.91 bits per heavy atom. The molecule has 124 valence electrons. The number of likely N-dealkylation sites (tertiary alicyclic amines) is 1. The van der Waals surface area contributed by atoms with Crippen molar-refractivity contribution >= 4 is 6.47 Å². The SMILES string of the molecule is CCC(CC)CCC1CCCN1Cc1ccccc1.O=CO. The summed E-state index contributed by atoms with van der Waals surface area (Å²) < 4.78 is 0. The third kappa shape index (κ3) is 6.61. The first-order valence-corrected chi connectivity index (χ1v) is 8.60. The molecule has 1 aromatic rings. The molecule has 22 heavy (non-hydrogen) atoms. The normalized spacial score (nSPS) is 18.0. The van der Waals surface area contributed by atoms with Gasteiger partial charge in [-0.3, -0.25) is 9.69 Å². The van der Waals surface area contributed by atoms with Crippen molar-refractivity contribution in [2.24, 2.45) is 5.92 Å². The summed E-state index contributed by atoms with van der Waals surface area (Å²) in [6.07, 6.45) is 8.32. The van der Waals surface area contributed by atoms with Gasteiger partial charge in [-0.1, -0.05) is 57.0 Å². The van der Waals surface area contributed by atoms with E-state index in [0.717, 1.165) is 18.5 Å². The van der Waals surface area contributed by atoms with Crippen molar-refractivity contribution in [3.63, 3.8) is 0 Å². The molecule has 0 amide bonds. The van der Waals surface area contributed by atoms with Crippen LogP contribution in [0.1, 0.15) is 57.9 Å². The van der Waals surface area contributed by atoms with Gasteiger partial charge in [-0.15, -0.1) is 0 Å². The molecule has 3 nitrogen and oxygen atoms in total. The van der Waals surface area contributed by atoms with Crippen molar-refractivity contribution in [3.05, 3.63) is 35.9 Å². The average molecular weight is 305 g/mol. The van der Waals surface area contributed by atoms with E-state index in [1.165, 1.54) is 50.6 Å². The molecule has 0 spiro atoms. The Hall–Kier alpha value is -1.35. The van der Waals surface area contributed by atoms with Gasteiger partial charge in [-0.25, -0.2) is 0 Å². The second-order valence-electron chi connectivity index (χ2n) is 6.12. The summed E-state index contributed by atoms with van der Waals surface area (Å²) in [7, 11) is 0. The zero-order chi connectivity index (χ0) is 16.2. The molecule has 0 radical (unpaired) electrons. The van der Waals surface area contributed by atoms with Crippen LogP contribution in [-0.2, 0) is 11.3 Å². The second-order valence-corrected chi connectivity index (χ2v) is 6.12. The van der Waals surface area contributed by atoms with E-state index in [1.54, 1.807) is 0 Å². The maximum atomic E-state index is 8.36. The third-order valence-corrected chi connectivity index (χ3v) is 4.79. The number of nitrogens with zero attached hydrogens (tertiary/aromatic N) is 1. The molecule has 1 aromatic carbocycles. The highest BCUT2D eigenvalue weighted by Gasteiger charge is 2.24. The maximum absolute atomic E-state index is 8.36. The molecule has 0 bridgehead atoms. The van der Waals surface area contributed by atoms with Crippen LogP contribution in [0.4, 0.5) is 0 Å². The Labute approximate surface area is 135 Å². The van der Waals surface area contributed by atoms with E-state index in [-0.39, 0.29) is 6.47 Å². The second kappa shape index (κ2) is 11.2. The van der Waals surface area contributed by atoms with E-state index < -0.39 is 0 Å². The lowest BCUT2D eigenvalue weighted by Gasteiger charge is -2.26. The highest BCUT2D eigenvalue weighted by Crippen LogP contribution is 2.26. The average Bonchev–Trinajstić information content (AvgIpc) is 2.97. The summed E-state index contributed by atoms with van der Waals surface area (Å²) in [5.41, 5.74) is 1.47. The summed E-state index contributed by atoms with van der Waals surface area (Å²) in [6, 6.07) is 11.8. The van der Waals surface area contributed by atoms with Gasteiger partial charge in [0.25, 0.3) is 6.47 Å². The van der Waals surface area contributed by atoms with Crippen LogP contribution in [0.25, 0.3) is 0 Å². The van der Waals surface area contributed by atoms with Gasteiger partial charge in [0.2, 0.25) is 0 Å². The largest absolute Gasteiger partial charge is 0.483 e. The molecule has 1 heterocycles. The number of rotatable bonds is 7. The van der Waals surface area contributed by atoms with Crippen LogP contribution in [0.3, 0.4) is 0 Å². The number of carbonyl (C=O) groups is 1. The summed E-state index contributed by atoms with van der Waals surface area (Å²) >= 11 is 0. The number of benzene rings is 1. The number of carboxylic acid groups (broad SMARTS) is 1. The molecule has 1 aliphatic heterocycles. The molecule has 1 saturated heterocycles. The number of hydrogen-bond donors (Lipinski definition) is 1. The third-order valence-electron chi connectivity index (χ3n) is 4.79. The van der Waals surface area contributed by atoms with E-state index in [9.17, 15) is 0 Å². The quantitative estimate of drug-likeness (QED) is 0.750. The standard InChI is InChI=1S/C18H29N.CH2O2/c1-3-16(4-2)12-13-18-11-8-14-19(18)15-17-9-6-5-7-10-17;2-1-3/h5-7,9-10,16,18H,3-4,8,11-15H2,1-2H3;1H,(H,2,3). The fraction of sp³-hybridized carbons (Fsp3) is 0.632. The van der Waals surface area contributed by atoms with E-state index >= 15 is 0 Å². The monoisotopic (exact) mass is 305 g/mol. The molecule has 2 rings (SSSR count). The Kier molecular flexibility index (Phi) is 9.56. The number of hydrogen-bond acceptors (Lipinski definition) is 2. The fourth-order valence-electron chi connectivity index (χ4n) is 3.37. The van der Waals surface area contributed by atoms with Gasteiger partial charge in [0, 0.05) is 12.6 Å². The van der Waals surface area contributed by atoms with Gasteiger partial charge in [0.1, 0.15) is 0 Å². The Morgan fingerprint density at radius 3 is 2.50 bits per heavy atom. The van der Waals surface area contributed by atoms with Crippen molar-refractivity contribution in [2.75, 3.05) is 6.54 Å². The van der Waals surface area contributed by atoms with Crippen molar-refractivity contribution in [1.29, 1.82) is 0 Å². The van der Waals surface area contributed by atoms with Crippen LogP contribution >= 0.6 is 0 Å². The molecular weight excluding hydrogens is 274 g/mol. The zero-order valence-corrected chi connectivity index (χ0v) is 14.1. The van der Waals surface area contributed by atoms with Crippen LogP contribution in [0.15, 0.2) is 30.3 Å². The van der Waals surface area contributed by atoms with Crippen LogP contribution < -0.4 is 0 Å². The van der Waals surface area contributed by atoms with Crippen LogP contribution in [-0.4, -0.2) is 29.1 Å². The van der Waals surface area contributed by atoms with Crippen LogP contribution in [0.5, 0.6) is 0 Å². The van der Waals surface area contributed by atoms with E-state index in [4.69, 9.17) is 9.90 Å². The highest BCUT2D eigenvalue weighted by atomic mass is 16.3. The molecule has 0 aromatic heterocycles. The molecular formula is C19H31NO2. The van der Waals surface area contributed by atoms with Gasteiger partial charge in [0.05, 0.1) is 0 Å². The van der Waals surface area contributed by atoms with Crippen molar-refractivity contribution < 1.29 is 9.90 Å². The maximum Gasteiger partial charge on any atom is 0.290 e. The van der Waals surface area contributed by atoms with Crippen molar-refractivity contribution in [3.8, 4) is 0 Å². The summed E-state index contributed by atoms with van der Waals surface area (Å²) in [6.45, 7) is 6.87. The first kappa shape index (κ1) is 18.7. The lowest BCUT2D eigenvalue weighted by Crippen LogP contribution is -2.29. The lowest BCUT2D eigenvalue weighted by atomic mass is 9.94.